The molecule has 7 aromatic rings. The minimum absolute atomic E-state index is 0.972. The van der Waals surface area contributed by atoms with Crippen molar-refractivity contribution in [2.75, 3.05) is 0 Å². The standard InChI is InChI=1S/C32H20N2/c1-3-13-27-23(9-1)25-11-5-7-19-15-21-18-30-22(17-29(21)33(27)31(19)25)16-20-8-6-12-26-24-10-2-4-14-28(24)34(30)32(20)26/h1-14,17-18H,15-16H2. The number of benzene rings is 5. The normalized spacial score (nSPS) is 13.6. The molecule has 2 nitrogen and oxygen atoms in total. The van der Waals surface area contributed by atoms with Crippen molar-refractivity contribution in [2.24, 2.45) is 0 Å². The van der Waals surface area contributed by atoms with Gasteiger partial charge in [0, 0.05) is 34.4 Å². The van der Waals surface area contributed by atoms with E-state index in [0.29, 0.717) is 0 Å². The van der Waals surface area contributed by atoms with E-state index in [-0.39, 0.29) is 0 Å². The van der Waals surface area contributed by atoms with Crippen molar-refractivity contribution in [1.29, 1.82) is 0 Å². The first-order valence-electron chi connectivity index (χ1n) is 12.1. The molecule has 2 heteroatoms. The lowest BCUT2D eigenvalue weighted by atomic mass is 9.91. The van der Waals surface area contributed by atoms with Crippen molar-refractivity contribution in [2.45, 2.75) is 12.8 Å². The van der Waals surface area contributed by atoms with Crippen LogP contribution in [0, 0.1) is 0 Å². The van der Waals surface area contributed by atoms with Crippen LogP contribution in [0.4, 0.5) is 0 Å². The molecule has 0 N–H and O–H groups in total. The largest absolute Gasteiger partial charge is 0.309 e. The fourth-order valence-electron chi connectivity index (χ4n) is 6.74. The van der Waals surface area contributed by atoms with E-state index in [4.69, 9.17) is 0 Å². The highest BCUT2D eigenvalue weighted by Crippen LogP contribution is 2.44. The predicted molar refractivity (Wildman–Crippen MR) is 141 cm³/mol. The Balaban J connectivity index is 1.43. The second-order valence-corrected chi connectivity index (χ2v) is 9.79. The predicted octanol–water partition coefficient (Wildman–Crippen LogP) is 7.69. The van der Waals surface area contributed by atoms with Crippen LogP contribution in [0.15, 0.2) is 97.1 Å². The number of hydrogen-bond acceptors (Lipinski definition) is 0. The van der Waals surface area contributed by atoms with Gasteiger partial charge in [-0.3, -0.25) is 0 Å². The molecule has 0 radical (unpaired) electrons. The summed E-state index contributed by atoms with van der Waals surface area (Å²) in [5.74, 6) is 0. The van der Waals surface area contributed by atoms with Gasteiger partial charge in [-0.25, -0.2) is 0 Å². The molecule has 0 saturated carbocycles. The molecule has 0 bridgehead atoms. The van der Waals surface area contributed by atoms with Crippen LogP contribution < -0.4 is 0 Å². The Hall–Kier alpha value is -4.30. The zero-order valence-corrected chi connectivity index (χ0v) is 18.5. The van der Waals surface area contributed by atoms with Gasteiger partial charge in [0.15, 0.2) is 0 Å². The number of fused-ring (bicyclic) bond motifs is 10. The van der Waals surface area contributed by atoms with Crippen molar-refractivity contribution in [1.82, 2.24) is 9.13 Å². The molecule has 34 heavy (non-hydrogen) atoms. The summed E-state index contributed by atoms with van der Waals surface area (Å²) in [5, 5.41) is 5.40. The van der Waals surface area contributed by atoms with Crippen LogP contribution in [0.25, 0.3) is 55.0 Å². The van der Waals surface area contributed by atoms with Crippen LogP contribution in [0.1, 0.15) is 22.3 Å². The van der Waals surface area contributed by atoms with Crippen LogP contribution >= 0.6 is 0 Å². The molecule has 0 saturated heterocycles. The van der Waals surface area contributed by atoms with Crippen LogP contribution in [0.5, 0.6) is 0 Å². The van der Waals surface area contributed by atoms with Gasteiger partial charge in [-0.1, -0.05) is 72.8 Å². The number of hydrogen-bond donors (Lipinski definition) is 0. The molecule has 2 aliphatic rings. The van der Waals surface area contributed by atoms with Crippen molar-refractivity contribution in [3.63, 3.8) is 0 Å². The minimum Gasteiger partial charge on any atom is -0.309 e. The lowest BCUT2D eigenvalue weighted by Crippen LogP contribution is -2.14. The van der Waals surface area contributed by atoms with E-state index in [1.807, 2.05) is 0 Å². The highest BCUT2D eigenvalue weighted by Gasteiger charge is 2.27. The zero-order chi connectivity index (χ0) is 22.0. The summed E-state index contributed by atoms with van der Waals surface area (Å²) < 4.78 is 5.03. The molecule has 0 spiro atoms. The Bertz CT molecular complexity index is 1870. The molecule has 2 aromatic heterocycles. The van der Waals surface area contributed by atoms with E-state index in [1.54, 1.807) is 0 Å². The maximum Gasteiger partial charge on any atom is 0.0576 e. The molecular formula is C32H20N2. The van der Waals surface area contributed by atoms with E-state index in [2.05, 4.69) is 106 Å². The summed E-state index contributed by atoms with van der Waals surface area (Å²) in [6.45, 7) is 0. The topological polar surface area (TPSA) is 9.86 Å². The first-order chi connectivity index (χ1) is 16.9. The zero-order valence-electron chi connectivity index (χ0n) is 18.5. The lowest BCUT2D eigenvalue weighted by Gasteiger charge is -2.27. The van der Waals surface area contributed by atoms with Crippen molar-refractivity contribution in [3.8, 4) is 11.4 Å². The van der Waals surface area contributed by atoms with Crippen LogP contribution in [0.2, 0.25) is 0 Å². The fourth-order valence-corrected chi connectivity index (χ4v) is 6.74. The maximum absolute atomic E-state index is 2.52. The third-order valence-corrected chi connectivity index (χ3v) is 8.08. The molecule has 0 unspecified atom stereocenters. The summed E-state index contributed by atoms with van der Waals surface area (Å²) in [6, 6.07) is 36.3. The minimum atomic E-state index is 0.972. The van der Waals surface area contributed by atoms with Crippen LogP contribution in [0.3, 0.4) is 0 Å². The fraction of sp³-hybridized carbons (Fsp3) is 0.0625. The Labute approximate surface area is 196 Å². The molecular weight excluding hydrogens is 412 g/mol. The number of nitrogens with zero attached hydrogens (tertiary/aromatic N) is 2. The van der Waals surface area contributed by atoms with E-state index >= 15 is 0 Å². The Morgan fingerprint density at radius 2 is 0.853 bits per heavy atom. The molecule has 2 aliphatic heterocycles. The summed E-state index contributed by atoms with van der Waals surface area (Å²) in [4.78, 5) is 0. The van der Waals surface area contributed by atoms with Crippen molar-refractivity contribution < 1.29 is 0 Å². The van der Waals surface area contributed by atoms with E-state index < -0.39 is 0 Å². The number of aromatic nitrogens is 2. The lowest BCUT2D eigenvalue weighted by molar-refractivity contribution is 0.990. The van der Waals surface area contributed by atoms with Gasteiger partial charge in [-0.15, -0.1) is 0 Å². The smallest absolute Gasteiger partial charge is 0.0576 e. The van der Waals surface area contributed by atoms with Gasteiger partial charge in [0.05, 0.1) is 33.4 Å². The Morgan fingerprint density at radius 1 is 0.412 bits per heavy atom. The molecule has 0 atom stereocenters. The molecule has 4 heterocycles. The van der Waals surface area contributed by atoms with Crippen molar-refractivity contribution in [3.05, 3.63) is 119 Å². The second-order valence-electron chi connectivity index (χ2n) is 9.79. The SMILES string of the molecule is c1ccc2c(c1)c1cccc3c1n2-c1cc2c(cc1C3)-n1c3ccccc3c3cccc(c31)C2. The summed E-state index contributed by atoms with van der Waals surface area (Å²) in [6.07, 6.45) is 1.94. The average molecular weight is 433 g/mol. The molecule has 0 aliphatic carbocycles. The average Bonchev–Trinajstić information content (AvgIpc) is 3.40. The van der Waals surface area contributed by atoms with Crippen molar-refractivity contribution >= 4 is 43.6 Å². The molecule has 0 amide bonds. The van der Waals surface area contributed by atoms with E-state index in [1.165, 1.54) is 77.2 Å². The Morgan fingerprint density at radius 3 is 1.35 bits per heavy atom. The van der Waals surface area contributed by atoms with E-state index in [0.717, 1.165) is 12.8 Å². The summed E-state index contributed by atoms with van der Waals surface area (Å²) >= 11 is 0. The van der Waals surface area contributed by atoms with Gasteiger partial charge in [0.1, 0.15) is 0 Å². The maximum atomic E-state index is 2.52. The summed E-state index contributed by atoms with van der Waals surface area (Å²) in [7, 11) is 0. The van der Waals surface area contributed by atoms with Crippen LogP contribution in [-0.4, -0.2) is 9.13 Å². The first-order valence-corrected chi connectivity index (χ1v) is 12.1. The van der Waals surface area contributed by atoms with Gasteiger partial charge in [0.2, 0.25) is 0 Å². The van der Waals surface area contributed by atoms with Gasteiger partial charge in [-0.05, 0) is 46.5 Å². The molecule has 158 valence electrons. The monoisotopic (exact) mass is 432 g/mol. The number of para-hydroxylation sites is 4. The first kappa shape index (κ1) is 17.2. The summed E-state index contributed by atoms with van der Waals surface area (Å²) in [5.41, 5.74) is 13.7. The third-order valence-electron chi connectivity index (χ3n) is 8.08. The molecule has 5 aromatic carbocycles. The van der Waals surface area contributed by atoms with Gasteiger partial charge in [0.25, 0.3) is 0 Å². The van der Waals surface area contributed by atoms with E-state index in [9.17, 15) is 0 Å². The van der Waals surface area contributed by atoms with Gasteiger partial charge < -0.3 is 9.13 Å². The highest BCUT2D eigenvalue weighted by molar-refractivity contribution is 6.12. The quantitative estimate of drug-likeness (QED) is 0.232. The highest BCUT2D eigenvalue weighted by atomic mass is 15.0. The molecule has 9 rings (SSSR count). The Kier molecular flexibility index (Phi) is 2.93. The molecule has 0 fully saturated rings. The third kappa shape index (κ3) is 1.91. The van der Waals surface area contributed by atoms with Crippen LogP contribution in [-0.2, 0) is 12.8 Å². The second kappa shape index (κ2) is 5.78. The number of rotatable bonds is 0. The van der Waals surface area contributed by atoms with Gasteiger partial charge in [-0.2, -0.15) is 0 Å². The van der Waals surface area contributed by atoms with Gasteiger partial charge >= 0.3 is 0 Å².